The van der Waals surface area contributed by atoms with Crippen LogP contribution >= 0.6 is 0 Å². The number of hydrogen-bond donors (Lipinski definition) is 3. The first-order chi connectivity index (χ1) is 8.75. The highest BCUT2D eigenvalue weighted by Gasteiger charge is 2.12. The second-order valence-electron chi connectivity index (χ2n) is 4.67. The van der Waals surface area contributed by atoms with Gasteiger partial charge in [0.15, 0.2) is 0 Å². The molecule has 1 saturated heterocycles. The van der Waals surface area contributed by atoms with E-state index in [4.69, 9.17) is 10.0 Å². The number of piperidine rings is 1. The molecule has 0 unspecified atom stereocenters. The summed E-state index contributed by atoms with van der Waals surface area (Å²) < 4.78 is 0. The van der Waals surface area contributed by atoms with E-state index in [0.717, 1.165) is 18.8 Å². The fourth-order valence-corrected chi connectivity index (χ4v) is 2.20. The smallest absolute Gasteiger partial charge is 0.422 e. The molecule has 18 heavy (non-hydrogen) atoms. The molecule has 3 N–H and O–H groups in total. The van der Waals surface area contributed by atoms with Gasteiger partial charge in [-0.15, -0.1) is 0 Å². The van der Waals surface area contributed by atoms with Gasteiger partial charge in [-0.3, -0.25) is 4.98 Å². The molecule has 98 valence electrons. The van der Waals surface area contributed by atoms with Gasteiger partial charge in [-0.25, -0.2) is 0 Å². The highest BCUT2D eigenvalue weighted by Crippen LogP contribution is 2.08. The van der Waals surface area contributed by atoms with Crippen molar-refractivity contribution in [2.75, 3.05) is 31.5 Å². The molecule has 1 aliphatic rings. The van der Waals surface area contributed by atoms with E-state index in [0.29, 0.717) is 0 Å². The Morgan fingerprint density at radius 2 is 2.00 bits per heavy atom. The van der Waals surface area contributed by atoms with Crippen LogP contribution in [0.3, 0.4) is 0 Å². The number of nitrogens with zero attached hydrogens (tertiary/aromatic N) is 2. The quantitative estimate of drug-likeness (QED) is 0.623. The zero-order valence-electron chi connectivity index (χ0n) is 10.5. The van der Waals surface area contributed by atoms with Crippen LogP contribution in [0.4, 0.5) is 5.69 Å². The average molecular weight is 249 g/mol. The van der Waals surface area contributed by atoms with Crippen molar-refractivity contribution in [3.05, 3.63) is 18.3 Å². The van der Waals surface area contributed by atoms with E-state index in [1.54, 1.807) is 12.3 Å². The number of rotatable bonds is 5. The van der Waals surface area contributed by atoms with Gasteiger partial charge in [-0.05, 0) is 38.1 Å². The van der Waals surface area contributed by atoms with Gasteiger partial charge in [0.25, 0.3) is 0 Å². The normalized spacial score (nSPS) is 16.6. The van der Waals surface area contributed by atoms with Gasteiger partial charge in [0.05, 0.1) is 11.3 Å². The second kappa shape index (κ2) is 6.73. The number of nitrogens with one attached hydrogen (secondary N) is 1. The zero-order chi connectivity index (χ0) is 12.8. The predicted octanol–water partition coefficient (Wildman–Crippen LogP) is -0.341. The first kappa shape index (κ1) is 13.3. The molecule has 0 saturated carbocycles. The van der Waals surface area contributed by atoms with E-state index in [1.807, 2.05) is 6.07 Å². The van der Waals surface area contributed by atoms with Crippen LogP contribution in [-0.2, 0) is 0 Å². The minimum Gasteiger partial charge on any atom is -0.422 e. The lowest BCUT2D eigenvalue weighted by Gasteiger charge is -2.26. The van der Waals surface area contributed by atoms with Crippen LogP contribution in [0, 0.1) is 0 Å². The summed E-state index contributed by atoms with van der Waals surface area (Å²) in [5.41, 5.74) is 1.19. The molecule has 0 aliphatic carbocycles. The SMILES string of the molecule is OB(O)c1ccc(NCCN2CCCCC2)cn1. The first-order valence-electron chi connectivity index (χ1n) is 6.54. The van der Waals surface area contributed by atoms with Crippen LogP contribution in [-0.4, -0.2) is 53.2 Å². The molecule has 0 spiro atoms. The summed E-state index contributed by atoms with van der Waals surface area (Å²) in [6.45, 7) is 4.35. The van der Waals surface area contributed by atoms with E-state index in [1.165, 1.54) is 32.4 Å². The molecule has 0 amide bonds. The Kier molecular flexibility index (Phi) is 4.98. The minimum atomic E-state index is -1.49. The number of pyridine rings is 1. The van der Waals surface area contributed by atoms with Crippen LogP contribution in [0.2, 0.25) is 0 Å². The molecule has 0 radical (unpaired) electrons. The van der Waals surface area contributed by atoms with E-state index < -0.39 is 7.12 Å². The average Bonchev–Trinajstić information content (AvgIpc) is 2.40. The number of aromatic nitrogens is 1. The zero-order valence-corrected chi connectivity index (χ0v) is 10.5. The summed E-state index contributed by atoms with van der Waals surface area (Å²) in [6, 6.07) is 3.44. The van der Waals surface area contributed by atoms with Gasteiger partial charge in [0, 0.05) is 19.3 Å². The molecule has 6 heteroatoms. The van der Waals surface area contributed by atoms with Gasteiger partial charge in [-0.1, -0.05) is 6.42 Å². The minimum absolute atomic E-state index is 0.275. The van der Waals surface area contributed by atoms with Gasteiger partial charge < -0.3 is 20.3 Å². The summed E-state index contributed by atoms with van der Waals surface area (Å²) in [7, 11) is -1.49. The molecule has 1 aliphatic heterocycles. The summed E-state index contributed by atoms with van der Waals surface area (Å²) in [6.07, 6.45) is 5.61. The number of likely N-dealkylation sites (tertiary alicyclic amines) is 1. The molecular weight excluding hydrogens is 229 g/mol. The summed E-state index contributed by atoms with van der Waals surface area (Å²) in [5.74, 6) is 0. The summed E-state index contributed by atoms with van der Waals surface area (Å²) in [5, 5.41) is 21.1. The fourth-order valence-electron chi connectivity index (χ4n) is 2.20. The van der Waals surface area contributed by atoms with Gasteiger partial charge in [0.2, 0.25) is 0 Å². The van der Waals surface area contributed by atoms with E-state index >= 15 is 0 Å². The Balaban J connectivity index is 1.72. The van der Waals surface area contributed by atoms with Gasteiger partial charge in [-0.2, -0.15) is 0 Å². The molecule has 2 heterocycles. The van der Waals surface area contributed by atoms with Crippen molar-refractivity contribution in [3.63, 3.8) is 0 Å². The highest BCUT2D eigenvalue weighted by molar-refractivity contribution is 6.57. The van der Waals surface area contributed by atoms with Crippen LogP contribution in [0.1, 0.15) is 19.3 Å². The predicted molar refractivity (Wildman–Crippen MR) is 72.8 cm³/mol. The summed E-state index contributed by atoms with van der Waals surface area (Å²) >= 11 is 0. The molecule has 2 rings (SSSR count). The molecule has 0 bridgehead atoms. The van der Waals surface area contributed by atoms with Crippen molar-refractivity contribution < 1.29 is 10.0 Å². The molecule has 1 fully saturated rings. The second-order valence-corrected chi connectivity index (χ2v) is 4.67. The highest BCUT2D eigenvalue weighted by atomic mass is 16.4. The summed E-state index contributed by atoms with van der Waals surface area (Å²) in [4.78, 5) is 6.44. The van der Waals surface area contributed by atoms with Crippen molar-refractivity contribution in [3.8, 4) is 0 Å². The Morgan fingerprint density at radius 1 is 1.22 bits per heavy atom. The Hall–Kier alpha value is -1.11. The largest absolute Gasteiger partial charge is 0.508 e. The van der Waals surface area contributed by atoms with Gasteiger partial charge >= 0.3 is 7.12 Å². The lowest BCUT2D eigenvalue weighted by atomic mass is 9.86. The maximum Gasteiger partial charge on any atom is 0.508 e. The van der Waals surface area contributed by atoms with E-state index in [2.05, 4.69) is 15.2 Å². The Bertz CT molecular complexity index is 353. The van der Waals surface area contributed by atoms with Crippen LogP contribution in [0.5, 0.6) is 0 Å². The van der Waals surface area contributed by atoms with Crippen LogP contribution < -0.4 is 10.9 Å². The molecule has 0 aromatic carbocycles. The fraction of sp³-hybridized carbons (Fsp3) is 0.583. The maximum atomic E-state index is 8.93. The molecule has 1 aromatic heterocycles. The third-order valence-electron chi connectivity index (χ3n) is 3.26. The Morgan fingerprint density at radius 3 is 2.61 bits per heavy atom. The molecule has 0 atom stereocenters. The number of anilines is 1. The van der Waals surface area contributed by atoms with E-state index in [-0.39, 0.29) is 5.59 Å². The Labute approximate surface area is 108 Å². The first-order valence-corrected chi connectivity index (χ1v) is 6.54. The van der Waals surface area contributed by atoms with Crippen molar-refractivity contribution in [1.82, 2.24) is 9.88 Å². The van der Waals surface area contributed by atoms with Crippen molar-refractivity contribution in [1.29, 1.82) is 0 Å². The third kappa shape index (κ3) is 3.98. The van der Waals surface area contributed by atoms with Gasteiger partial charge in [0.1, 0.15) is 0 Å². The van der Waals surface area contributed by atoms with Crippen molar-refractivity contribution in [2.24, 2.45) is 0 Å². The molecule has 5 nitrogen and oxygen atoms in total. The van der Waals surface area contributed by atoms with Crippen LogP contribution in [0.15, 0.2) is 18.3 Å². The lowest BCUT2D eigenvalue weighted by molar-refractivity contribution is 0.237. The molecule has 1 aromatic rings. The lowest BCUT2D eigenvalue weighted by Crippen LogP contribution is -2.34. The monoisotopic (exact) mass is 249 g/mol. The number of hydrogen-bond acceptors (Lipinski definition) is 5. The topological polar surface area (TPSA) is 68.6 Å². The van der Waals surface area contributed by atoms with E-state index in [9.17, 15) is 0 Å². The van der Waals surface area contributed by atoms with Crippen molar-refractivity contribution in [2.45, 2.75) is 19.3 Å². The maximum absolute atomic E-state index is 8.93. The third-order valence-corrected chi connectivity index (χ3v) is 3.26. The van der Waals surface area contributed by atoms with Crippen molar-refractivity contribution >= 4 is 18.4 Å². The molecular formula is C12H20BN3O2. The standard InChI is InChI=1S/C12H20BN3O2/c17-13(18)12-5-4-11(10-15-12)14-6-9-16-7-2-1-3-8-16/h4-5,10,14,17-18H,1-3,6-9H2. The van der Waals surface area contributed by atoms with Crippen LogP contribution in [0.25, 0.3) is 0 Å².